The summed E-state index contributed by atoms with van der Waals surface area (Å²) in [6.07, 6.45) is 0. The van der Waals surface area contributed by atoms with Gasteiger partial charge in [-0.2, -0.15) is 0 Å². The first-order valence-electron chi connectivity index (χ1n) is 10.6. The van der Waals surface area contributed by atoms with Crippen molar-refractivity contribution in [1.82, 2.24) is 0 Å². The Hall–Kier alpha value is -3.84. The third-order valence-electron chi connectivity index (χ3n) is 6.25. The van der Waals surface area contributed by atoms with E-state index >= 15 is 0 Å². The van der Waals surface area contributed by atoms with Gasteiger partial charge in [-0.15, -0.1) is 0 Å². The van der Waals surface area contributed by atoms with E-state index in [1.807, 2.05) is 0 Å². The molecule has 0 unspecified atom stereocenters. The van der Waals surface area contributed by atoms with E-state index < -0.39 is 0 Å². The van der Waals surface area contributed by atoms with E-state index in [1.54, 1.807) is 0 Å². The Morgan fingerprint density at radius 3 is 1.52 bits per heavy atom. The first kappa shape index (κ1) is 18.0. The maximum Gasteiger partial charge on any atom is 0.115 e. The van der Waals surface area contributed by atoms with Gasteiger partial charge >= 0.3 is 0 Å². The highest BCUT2D eigenvalue weighted by Crippen LogP contribution is 2.36. The minimum absolute atomic E-state index is 0.849. The average Bonchev–Trinajstić information content (AvgIpc) is 2.84. The molecule has 6 rings (SSSR count). The molecule has 0 saturated carbocycles. The largest absolute Gasteiger partial charge is 0.115 e. The fourth-order valence-corrected chi connectivity index (χ4v) is 4.77. The van der Waals surface area contributed by atoms with Gasteiger partial charge in [0.2, 0.25) is 0 Å². The second kappa shape index (κ2) is 7.14. The van der Waals surface area contributed by atoms with Crippen molar-refractivity contribution in [3.8, 4) is 22.3 Å². The Balaban J connectivity index is 1.58. The Bertz CT molecular complexity index is 1510. The number of rotatable bonds is 2. The zero-order valence-electron chi connectivity index (χ0n) is 17.0. The van der Waals surface area contributed by atoms with Crippen LogP contribution in [0.4, 0.5) is 0 Å². The predicted octanol–water partition coefficient (Wildman–Crippen LogP) is 7.27. The van der Waals surface area contributed by atoms with Gasteiger partial charge in [-0.1, -0.05) is 121 Å². The molecule has 0 spiro atoms. The first-order chi connectivity index (χ1) is 15.3. The molecule has 0 nitrogen and oxygen atoms in total. The molecule has 0 aromatic heterocycles. The van der Waals surface area contributed by atoms with Crippen LogP contribution in [-0.2, 0) is 0 Å². The molecule has 2 radical (unpaired) electrons. The molecule has 1 heteroatoms. The molecule has 0 aliphatic heterocycles. The molecule has 31 heavy (non-hydrogen) atoms. The lowest BCUT2D eigenvalue weighted by molar-refractivity contribution is 1.64. The quantitative estimate of drug-likeness (QED) is 0.215. The van der Waals surface area contributed by atoms with Crippen LogP contribution in [0.1, 0.15) is 0 Å². The summed E-state index contributed by atoms with van der Waals surface area (Å²) in [5.41, 5.74) is 5.78. The second-order valence-corrected chi connectivity index (χ2v) is 7.98. The number of fused-ring (bicyclic) bond motifs is 3. The van der Waals surface area contributed by atoms with Gasteiger partial charge in [0.15, 0.2) is 0 Å². The van der Waals surface area contributed by atoms with Crippen molar-refractivity contribution in [2.75, 3.05) is 0 Å². The molecule has 0 atom stereocenters. The molecule has 6 aromatic rings. The van der Waals surface area contributed by atoms with Crippen molar-refractivity contribution in [3.05, 3.63) is 115 Å². The zero-order valence-corrected chi connectivity index (χ0v) is 17.0. The Kier molecular flexibility index (Phi) is 4.14. The van der Waals surface area contributed by atoms with Gasteiger partial charge in [-0.3, -0.25) is 0 Å². The lowest BCUT2D eigenvalue weighted by Gasteiger charge is -2.16. The average molecular weight is 390 g/mol. The lowest BCUT2D eigenvalue weighted by Crippen LogP contribution is -2.07. The second-order valence-electron chi connectivity index (χ2n) is 7.98. The molecule has 0 aliphatic carbocycles. The van der Waals surface area contributed by atoms with Crippen molar-refractivity contribution in [1.29, 1.82) is 0 Å². The van der Waals surface area contributed by atoms with Crippen molar-refractivity contribution < 1.29 is 0 Å². The minimum atomic E-state index is 0.849. The van der Waals surface area contributed by atoms with Gasteiger partial charge in [-0.25, -0.2) is 0 Å². The Morgan fingerprint density at radius 2 is 0.871 bits per heavy atom. The van der Waals surface area contributed by atoms with Crippen molar-refractivity contribution >= 4 is 45.6 Å². The molecule has 0 aliphatic rings. The highest BCUT2D eigenvalue weighted by atomic mass is 14.2. The summed E-state index contributed by atoms with van der Waals surface area (Å²) in [5, 5.41) is 7.14. The van der Waals surface area contributed by atoms with Crippen LogP contribution < -0.4 is 5.46 Å². The summed E-state index contributed by atoms with van der Waals surface area (Å²) in [6, 6.07) is 40.9. The highest BCUT2D eigenvalue weighted by Gasteiger charge is 2.13. The summed E-state index contributed by atoms with van der Waals surface area (Å²) in [7, 11) is 6.55. The van der Waals surface area contributed by atoms with Crippen LogP contribution >= 0.6 is 0 Å². The molecule has 0 fully saturated rings. The molecule has 142 valence electrons. The van der Waals surface area contributed by atoms with Gasteiger partial charge in [0.05, 0.1) is 0 Å². The van der Waals surface area contributed by atoms with Gasteiger partial charge in [0.1, 0.15) is 7.85 Å². The smallest absolute Gasteiger partial charge is 0.0812 e. The molecular formula is C30H19B. The molecule has 0 N–H and O–H groups in total. The minimum Gasteiger partial charge on any atom is -0.0812 e. The molecule has 0 bridgehead atoms. The van der Waals surface area contributed by atoms with Gasteiger partial charge in [-0.05, 0) is 54.6 Å². The fraction of sp³-hybridized carbons (Fsp3) is 0. The van der Waals surface area contributed by atoms with E-state index in [2.05, 4.69) is 115 Å². The molecule has 0 amide bonds. The van der Waals surface area contributed by atoms with Crippen LogP contribution in [0.25, 0.3) is 54.6 Å². The maximum atomic E-state index is 6.55. The Morgan fingerprint density at radius 1 is 0.387 bits per heavy atom. The summed E-state index contributed by atoms with van der Waals surface area (Å²) >= 11 is 0. The molecular weight excluding hydrogens is 371 g/mol. The highest BCUT2D eigenvalue weighted by molar-refractivity contribution is 6.46. The summed E-state index contributed by atoms with van der Waals surface area (Å²) in [6.45, 7) is 0. The van der Waals surface area contributed by atoms with Crippen LogP contribution in [0.3, 0.4) is 0 Å². The first-order valence-corrected chi connectivity index (χ1v) is 10.6. The predicted molar refractivity (Wildman–Crippen MR) is 135 cm³/mol. The van der Waals surface area contributed by atoms with Crippen LogP contribution in [0.5, 0.6) is 0 Å². The molecule has 0 heterocycles. The van der Waals surface area contributed by atoms with E-state index in [4.69, 9.17) is 7.85 Å². The SMILES string of the molecule is [B]c1c2ccccc2c(-c2ccc(-c3cccc4ccccc34)cc2)c2ccccc12. The standard InChI is InChI=1S/C30H19B/c31-30-27-13-5-3-11-25(27)29(26-12-4-6-14-28(26)30)22-18-16-21(17-19-22)24-15-7-9-20-8-1-2-10-23(20)24/h1-19H. The zero-order chi connectivity index (χ0) is 20.8. The third-order valence-corrected chi connectivity index (χ3v) is 6.25. The van der Waals surface area contributed by atoms with Crippen molar-refractivity contribution in [2.45, 2.75) is 0 Å². The monoisotopic (exact) mass is 390 g/mol. The lowest BCUT2D eigenvalue weighted by atomic mass is 9.81. The van der Waals surface area contributed by atoms with Crippen LogP contribution in [0, 0.1) is 0 Å². The van der Waals surface area contributed by atoms with Crippen molar-refractivity contribution in [3.63, 3.8) is 0 Å². The van der Waals surface area contributed by atoms with Gasteiger partial charge < -0.3 is 0 Å². The van der Waals surface area contributed by atoms with E-state index in [0.717, 1.165) is 16.2 Å². The number of hydrogen-bond donors (Lipinski definition) is 0. The van der Waals surface area contributed by atoms with Crippen LogP contribution in [0.2, 0.25) is 0 Å². The van der Waals surface area contributed by atoms with Crippen molar-refractivity contribution in [2.24, 2.45) is 0 Å². The van der Waals surface area contributed by atoms with E-state index in [0.29, 0.717) is 0 Å². The Labute approximate surface area is 183 Å². The summed E-state index contributed by atoms with van der Waals surface area (Å²) in [5.74, 6) is 0. The number of benzene rings is 6. The van der Waals surface area contributed by atoms with E-state index in [9.17, 15) is 0 Å². The normalized spacial score (nSPS) is 11.4. The number of hydrogen-bond acceptors (Lipinski definition) is 0. The molecule has 6 aromatic carbocycles. The maximum absolute atomic E-state index is 6.55. The topological polar surface area (TPSA) is 0 Å². The third kappa shape index (κ3) is 2.85. The molecule has 0 saturated heterocycles. The summed E-state index contributed by atoms with van der Waals surface area (Å²) in [4.78, 5) is 0. The van der Waals surface area contributed by atoms with Gasteiger partial charge in [0.25, 0.3) is 0 Å². The van der Waals surface area contributed by atoms with Crippen LogP contribution in [-0.4, -0.2) is 7.85 Å². The van der Waals surface area contributed by atoms with E-state index in [-0.39, 0.29) is 0 Å². The summed E-state index contributed by atoms with van der Waals surface area (Å²) < 4.78 is 0. The van der Waals surface area contributed by atoms with E-state index in [1.165, 1.54) is 43.8 Å². The van der Waals surface area contributed by atoms with Crippen LogP contribution in [0.15, 0.2) is 115 Å². The van der Waals surface area contributed by atoms with Gasteiger partial charge in [0, 0.05) is 0 Å². The fourth-order valence-electron chi connectivity index (χ4n) is 4.77.